The Labute approximate surface area is 197 Å². The van der Waals surface area contributed by atoms with Crippen molar-refractivity contribution in [2.24, 2.45) is 5.10 Å². The molecular formula is C24H28N4O6. The zero-order chi connectivity index (χ0) is 24.5. The third-order valence-corrected chi connectivity index (χ3v) is 5.34. The van der Waals surface area contributed by atoms with Crippen molar-refractivity contribution >= 4 is 29.6 Å². The number of hydrogen-bond donors (Lipinski definition) is 2. The predicted octanol–water partition coefficient (Wildman–Crippen LogP) is 1.64. The van der Waals surface area contributed by atoms with Gasteiger partial charge in [0.05, 0.1) is 26.5 Å². The van der Waals surface area contributed by atoms with Crippen LogP contribution in [-0.2, 0) is 19.1 Å². The van der Waals surface area contributed by atoms with E-state index in [1.807, 2.05) is 19.9 Å². The molecule has 0 atom stereocenters. The number of ether oxygens (including phenoxy) is 3. The van der Waals surface area contributed by atoms with Crippen LogP contribution in [0.15, 0.2) is 41.5 Å². The van der Waals surface area contributed by atoms with Crippen molar-refractivity contribution in [2.75, 3.05) is 45.3 Å². The summed E-state index contributed by atoms with van der Waals surface area (Å²) in [5.74, 6) is -1.04. The van der Waals surface area contributed by atoms with Crippen molar-refractivity contribution in [1.82, 2.24) is 10.3 Å². The van der Waals surface area contributed by atoms with Gasteiger partial charge < -0.3 is 24.4 Å². The Kier molecular flexibility index (Phi) is 8.58. The molecular weight excluding hydrogens is 440 g/mol. The van der Waals surface area contributed by atoms with Gasteiger partial charge in [-0.15, -0.1) is 0 Å². The van der Waals surface area contributed by atoms with E-state index in [0.29, 0.717) is 49.1 Å². The lowest BCUT2D eigenvalue weighted by Gasteiger charge is -2.26. The van der Waals surface area contributed by atoms with E-state index in [1.165, 1.54) is 13.3 Å². The lowest BCUT2D eigenvalue weighted by atomic mass is 10.1. The van der Waals surface area contributed by atoms with E-state index in [9.17, 15) is 14.4 Å². The minimum absolute atomic E-state index is 0.116. The number of carbonyl (C=O) groups is 3. The van der Waals surface area contributed by atoms with Crippen molar-refractivity contribution in [3.8, 4) is 11.5 Å². The van der Waals surface area contributed by atoms with Crippen LogP contribution in [0, 0.1) is 13.8 Å². The number of nitrogens with zero attached hydrogens (tertiary/aromatic N) is 2. The summed E-state index contributed by atoms with van der Waals surface area (Å²) in [6.07, 6.45) is 1.37. The minimum atomic E-state index is -0.898. The second-order valence-corrected chi connectivity index (χ2v) is 7.59. The minimum Gasteiger partial charge on any atom is -0.493 e. The molecule has 0 radical (unpaired) electrons. The Balaban J connectivity index is 1.54. The van der Waals surface area contributed by atoms with E-state index in [0.717, 1.165) is 11.1 Å². The van der Waals surface area contributed by atoms with Gasteiger partial charge in [-0.2, -0.15) is 5.10 Å². The number of benzene rings is 2. The molecule has 180 valence electrons. The van der Waals surface area contributed by atoms with E-state index in [1.54, 1.807) is 35.2 Å². The summed E-state index contributed by atoms with van der Waals surface area (Å²) in [5, 5.41) is 6.40. The van der Waals surface area contributed by atoms with Crippen LogP contribution < -0.4 is 20.2 Å². The Morgan fingerprint density at radius 1 is 1.09 bits per heavy atom. The molecule has 0 unspecified atom stereocenters. The molecule has 2 aromatic rings. The first kappa shape index (κ1) is 24.7. The van der Waals surface area contributed by atoms with Gasteiger partial charge in [0.15, 0.2) is 18.1 Å². The van der Waals surface area contributed by atoms with Crippen molar-refractivity contribution in [3.63, 3.8) is 0 Å². The lowest BCUT2D eigenvalue weighted by Crippen LogP contribution is -2.43. The average molecular weight is 469 g/mol. The maximum absolute atomic E-state index is 12.3. The van der Waals surface area contributed by atoms with Crippen LogP contribution in [0.25, 0.3) is 0 Å². The predicted molar refractivity (Wildman–Crippen MR) is 126 cm³/mol. The molecule has 34 heavy (non-hydrogen) atoms. The van der Waals surface area contributed by atoms with E-state index < -0.39 is 11.8 Å². The molecule has 0 aromatic heterocycles. The Hall–Kier alpha value is -3.92. The SMILES string of the molecule is COc1cc(/C=N\NC(=O)C(=O)Nc2cccc(C)c2C)ccc1OCC(=O)N1CCOCC1. The van der Waals surface area contributed by atoms with Gasteiger partial charge >= 0.3 is 11.8 Å². The third kappa shape index (κ3) is 6.55. The standard InChI is InChI=1S/C24H28N4O6/c1-16-5-4-6-19(17(16)2)26-23(30)24(31)27-25-14-18-7-8-20(21(13-18)32-3)34-15-22(29)28-9-11-33-12-10-28/h4-8,13-14H,9-12,15H2,1-3H3,(H,26,30)(H,27,31)/b25-14-. The van der Waals surface area contributed by atoms with E-state index in [4.69, 9.17) is 14.2 Å². The number of anilines is 1. The average Bonchev–Trinajstić information content (AvgIpc) is 2.86. The lowest BCUT2D eigenvalue weighted by molar-refractivity contribution is -0.137. The van der Waals surface area contributed by atoms with Gasteiger partial charge in [0.2, 0.25) is 0 Å². The largest absolute Gasteiger partial charge is 0.493 e. The monoisotopic (exact) mass is 468 g/mol. The number of morpholine rings is 1. The Bertz CT molecular complexity index is 1080. The van der Waals surface area contributed by atoms with Gasteiger partial charge in [0, 0.05) is 18.8 Å². The molecule has 3 amide bonds. The number of hydrazone groups is 1. The molecule has 10 heteroatoms. The topological polar surface area (TPSA) is 119 Å². The zero-order valence-electron chi connectivity index (χ0n) is 19.4. The van der Waals surface area contributed by atoms with Gasteiger partial charge in [0.25, 0.3) is 5.91 Å². The fourth-order valence-corrected chi connectivity index (χ4v) is 3.21. The zero-order valence-corrected chi connectivity index (χ0v) is 19.4. The fraction of sp³-hybridized carbons (Fsp3) is 0.333. The number of carbonyl (C=O) groups excluding carboxylic acids is 3. The van der Waals surface area contributed by atoms with Crippen molar-refractivity contribution in [3.05, 3.63) is 53.1 Å². The smallest absolute Gasteiger partial charge is 0.329 e. The van der Waals surface area contributed by atoms with Gasteiger partial charge in [0.1, 0.15) is 0 Å². The number of hydrogen-bond acceptors (Lipinski definition) is 7. The molecule has 1 aliphatic rings. The highest BCUT2D eigenvalue weighted by Crippen LogP contribution is 2.27. The number of methoxy groups -OCH3 is 1. The summed E-state index contributed by atoms with van der Waals surface area (Å²) in [5.41, 5.74) is 5.25. The molecule has 10 nitrogen and oxygen atoms in total. The highest BCUT2D eigenvalue weighted by atomic mass is 16.5. The maximum Gasteiger partial charge on any atom is 0.329 e. The van der Waals surface area contributed by atoms with Gasteiger partial charge in [-0.05, 0) is 54.8 Å². The van der Waals surface area contributed by atoms with E-state index in [-0.39, 0.29) is 12.5 Å². The summed E-state index contributed by atoms with van der Waals surface area (Å²) in [6.45, 7) is 5.80. The molecule has 2 N–H and O–H groups in total. The first-order valence-corrected chi connectivity index (χ1v) is 10.8. The highest BCUT2D eigenvalue weighted by molar-refractivity contribution is 6.39. The number of rotatable bonds is 7. The summed E-state index contributed by atoms with van der Waals surface area (Å²) < 4.78 is 16.2. The van der Waals surface area contributed by atoms with Crippen molar-refractivity contribution in [1.29, 1.82) is 0 Å². The van der Waals surface area contributed by atoms with Crippen LogP contribution in [0.3, 0.4) is 0 Å². The van der Waals surface area contributed by atoms with E-state index in [2.05, 4.69) is 15.8 Å². The Morgan fingerprint density at radius 3 is 2.59 bits per heavy atom. The summed E-state index contributed by atoms with van der Waals surface area (Å²) in [7, 11) is 1.48. The molecule has 0 bridgehead atoms. The molecule has 0 aliphatic carbocycles. The van der Waals surface area contributed by atoms with Crippen LogP contribution >= 0.6 is 0 Å². The van der Waals surface area contributed by atoms with Crippen molar-refractivity contribution in [2.45, 2.75) is 13.8 Å². The van der Waals surface area contributed by atoms with Gasteiger partial charge in [-0.1, -0.05) is 12.1 Å². The van der Waals surface area contributed by atoms with Crippen LogP contribution in [0.4, 0.5) is 5.69 Å². The van der Waals surface area contributed by atoms with Crippen LogP contribution in [0.2, 0.25) is 0 Å². The molecule has 1 aliphatic heterocycles. The van der Waals surface area contributed by atoms with Gasteiger partial charge in [-0.25, -0.2) is 5.43 Å². The normalized spacial score (nSPS) is 13.4. The summed E-state index contributed by atoms with van der Waals surface area (Å²) >= 11 is 0. The second kappa shape index (κ2) is 11.8. The summed E-state index contributed by atoms with van der Waals surface area (Å²) in [6, 6.07) is 10.4. The molecule has 1 heterocycles. The van der Waals surface area contributed by atoms with Crippen LogP contribution in [0.1, 0.15) is 16.7 Å². The molecule has 0 saturated carbocycles. The van der Waals surface area contributed by atoms with Crippen LogP contribution in [-0.4, -0.2) is 68.9 Å². The number of nitrogens with one attached hydrogen (secondary N) is 2. The molecule has 1 saturated heterocycles. The first-order valence-electron chi connectivity index (χ1n) is 10.8. The molecule has 2 aromatic carbocycles. The Morgan fingerprint density at radius 2 is 1.85 bits per heavy atom. The van der Waals surface area contributed by atoms with Crippen LogP contribution in [0.5, 0.6) is 11.5 Å². The first-order chi connectivity index (χ1) is 16.4. The summed E-state index contributed by atoms with van der Waals surface area (Å²) in [4.78, 5) is 38.1. The quantitative estimate of drug-likeness (QED) is 0.362. The highest BCUT2D eigenvalue weighted by Gasteiger charge is 2.18. The van der Waals surface area contributed by atoms with Crippen molar-refractivity contribution < 1.29 is 28.6 Å². The number of amides is 3. The number of aryl methyl sites for hydroxylation is 1. The molecule has 0 spiro atoms. The maximum atomic E-state index is 12.3. The fourth-order valence-electron chi connectivity index (χ4n) is 3.21. The second-order valence-electron chi connectivity index (χ2n) is 7.59. The van der Waals surface area contributed by atoms with E-state index >= 15 is 0 Å². The molecule has 1 fully saturated rings. The molecule has 3 rings (SSSR count). The third-order valence-electron chi connectivity index (χ3n) is 5.34. The van der Waals surface area contributed by atoms with Gasteiger partial charge in [-0.3, -0.25) is 14.4 Å².